The van der Waals surface area contributed by atoms with E-state index >= 15 is 0 Å². The van der Waals surface area contributed by atoms with Gasteiger partial charge in [-0.2, -0.15) is 0 Å². The minimum absolute atomic E-state index is 0.0236. The molecule has 2 N–H and O–H groups in total. The molecule has 1 aliphatic heterocycles. The van der Waals surface area contributed by atoms with Gasteiger partial charge in [0.15, 0.2) is 5.13 Å². The number of aryl methyl sites for hydroxylation is 2. The number of nitrogens with one attached hydrogen (secondary N) is 2. The molecule has 0 bridgehead atoms. The van der Waals surface area contributed by atoms with Crippen LogP contribution in [0.3, 0.4) is 0 Å². The van der Waals surface area contributed by atoms with Gasteiger partial charge in [-0.05, 0) is 44.0 Å². The van der Waals surface area contributed by atoms with Crippen LogP contribution in [0.15, 0.2) is 23.6 Å². The standard InChI is InChI=1S/C20H24N4O4S/c1-4-28-18(26)9-15-11-29-20(22-15)23-19(27)21-14-8-17(25)24(10-14)16-6-5-12(2)13(3)7-16/h5-7,11,14H,4,8-10H2,1-3H3,(H2,21,22,23,27)/t14-/m1/s1. The van der Waals surface area contributed by atoms with Gasteiger partial charge < -0.3 is 15.0 Å². The number of carbonyl (C=O) groups is 3. The van der Waals surface area contributed by atoms with Gasteiger partial charge in [-0.15, -0.1) is 11.3 Å². The lowest BCUT2D eigenvalue weighted by atomic mass is 10.1. The molecule has 3 rings (SSSR count). The maximum absolute atomic E-state index is 12.4. The van der Waals surface area contributed by atoms with Crippen molar-refractivity contribution in [2.24, 2.45) is 0 Å². The summed E-state index contributed by atoms with van der Waals surface area (Å²) in [7, 11) is 0. The van der Waals surface area contributed by atoms with Crippen molar-refractivity contribution >= 4 is 40.1 Å². The van der Waals surface area contributed by atoms with Crippen LogP contribution >= 0.6 is 11.3 Å². The summed E-state index contributed by atoms with van der Waals surface area (Å²) in [5.74, 6) is -0.380. The van der Waals surface area contributed by atoms with Gasteiger partial charge in [0.25, 0.3) is 0 Å². The number of anilines is 2. The number of thiazole rings is 1. The average molecular weight is 417 g/mol. The molecule has 0 saturated carbocycles. The van der Waals surface area contributed by atoms with Gasteiger partial charge in [0, 0.05) is 24.0 Å². The molecule has 29 heavy (non-hydrogen) atoms. The highest BCUT2D eigenvalue weighted by molar-refractivity contribution is 7.13. The molecule has 154 valence electrons. The highest BCUT2D eigenvalue weighted by Gasteiger charge is 2.31. The normalized spacial score (nSPS) is 16.0. The SMILES string of the molecule is CCOC(=O)Cc1csc(NC(=O)N[C@@H]2CC(=O)N(c3ccc(C)c(C)c3)C2)n1. The Morgan fingerprint density at radius 2 is 2.10 bits per heavy atom. The summed E-state index contributed by atoms with van der Waals surface area (Å²) in [6, 6.07) is 5.17. The minimum Gasteiger partial charge on any atom is -0.466 e. The molecule has 1 aromatic carbocycles. The molecule has 1 aromatic heterocycles. The maximum atomic E-state index is 12.4. The van der Waals surface area contributed by atoms with Crippen molar-refractivity contribution in [3.8, 4) is 0 Å². The van der Waals surface area contributed by atoms with Gasteiger partial charge in [-0.25, -0.2) is 9.78 Å². The first kappa shape index (κ1) is 20.8. The summed E-state index contributed by atoms with van der Waals surface area (Å²) in [5, 5.41) is 7.56. The number of ether oxygens (including phenoxy) is 1. The summed E-state index contributed by atoms with van der Waals surface area (Å²) in [6.07, 6.45) is 0.308. The van der Waals surface area contributed by atoms with E-state index in [0.29, 0.717) is 24.0 Å². The summed E-state index contributed by atoms with van der Waals surface area (Å²) in [5.41, 5.74) is 3.67. The van der Waals surface area contributed by atoms with Crippen LogP contribution in [0.5, 0.6) is 0 Å². The van der Waals surface area contributed by atoms with Crippen LogP contribution in [-0.4, -0.2) is 42.1 Å². The van der Waals surface area contributed by atoms with E-state index in [1.807, 2.05) is 32.0 Å². The minimum atomic E-state index is -0.429. The fraction of sp³-hybridized carbons (Fsp3) is 0.400. The Morgan fingerprint density at radius 1 is 1.31 bits per heavy atom. The molecule has 1 fully saturated rings. The molecular weight excluding hydrogens is 392 g/mol. The molecule has 0 spiro atoms. The number of hydrogen-bond donors (Lipinski definition) is 2. The smallest absolute Gasteiger partial charge is 0.321 e. The van der Waals surface area contributed by atoms with Crippen LogP contribution in [0.4, 0.5) is 15.6 Å². The molecule has 9 heteroatoms. The zero-order chi connectivity index (χ0) is 21.0. The molecule has 2 heterocycles. The fourth-order valence-electron chi connectivity index (χ4n) is 3.07. The van der Waals surface area contributed by atoms with E-state index < -0.39 is 6.03 Å². The number of hydrogen-bond acceptors (Lipinski definition) is 6. The number of benzene rings is 1. The van der Waals surface area contributed by atoms with Crippen LogP contribution in [0.25, 0.3) is 0 Å². The predicted molar refractivity (Wildman–Crippen MR) is 111 cm³/mol. The Hall–Kier alpha value is -2.94. The van der Waals surface area contributed by atoms with Gasteiger partial charge in [0.05, 0.1) is 24.8 Å². The van der Waals surface area contributed by atoms with Crippen molar-refractivity contribution in [2.45, 2.75) is 39.7 Å². The third kappa shape index (κ3) is 5.32. The molecule has 3 amide bonds. The van der Waals surface area contributed by atoms with Gasteiger partial charge in [-0.1, -0.05) is 6.07 Å². The summed E-state index contributed by atoms with van der Waals surface area (Å²) in [4.78, 5) is 42.1. The number of amides is 3. The quantitative estimate of drug-likeness (QED) is 0.705. The van der Waals surface area contributed by atoms with E-state index in [1.54, 1.807) is 17.2 Å². The number of carbonyl (C=O) groups excluding carboxylic acids is 3. The Balaban J connectivity index is 1.53. The molecule has 1 aliphatic rings. The predicted octanol–water partition coefficient (Wildman–Crippen LogP) is 2.79. The van der Waals surface area contributed by atoms with Crippen LogP contribution in [0, 0.1) is 13.8 Å². The lowest BCUT2D eigenvalue weighted by Gasteiger charge is -2.18. The van der Waals surface area contributed by atoms with E-state index in [9.17, 15) is 14.4 Å². The summed E-state index contributed by atoms with van der Waals surface area (Å²) in [6.45, 7) is 6.50. The van der Waals surface area contributed by atoms with E-state index in [-0.39, 0.29) is 30.8 Å². The lowest BCUT2D eigenvalue weighted by Crippen LogP contribution is -2.39. The molecule has 0 radical (unpaired) electrons. The van der Waals surface area contributed by atoms with Crippen molar-refractivity contribution in [3.05, 3.63) is 40.4 Å². The zero-order valence-corrected chi connectivity index (χ0v) is 17.5. The first-order valence-corrected chi connectivity index (χ1v) is 10.3. The zero-order valence-electron chi connectivity index (χ0n) is 16.7. The molecule has 8 nitrogen and oxygen atoms in total. The Kier molecular flexibility index (Phi) is 6.48. The van der Waals surface area contributed by atoms with Gasteiger partial charge in [-0.3, -0.25) is 14.9 Å². The highest BCUT2D eigenvalue weighted by Crippen LogP contribution is 2.24. The van der Waals surface area contributed by atoms with Crippen LogP contribution < -0.4 is 15.5 Å². The Labute approximate surface area is 173 Å². The van der Waals surface area contributed by atoms with Crippen molar-refractivity contribution in [3.63, 3.8) is 0 Å². The lowest BCUT2D eigenvalue weighted by molar-refractivity contribution is -0.142. The summed E-state index contributed by atoms with van der Waals surface area (Å²) < 4.78 is 4.88. The van der Waals surface area contributed by atoms with Crippen LogP contribution in [0.1, 0.15) is 30.2 Å². The van der Waals surface area contributed by atoms with Crippen LogP contribution in [0.2, 0.25) is 0 Å². The fourth-order valence-corrected chi connectivity index (χ4v) is 3.78. The molecule has 0 unspecified atom stereocenters. The average Bonchev–Trinajstić information content (AvgIpc) is 3.23. The maximum Gasteiger partial charge on any atom is 0.321 e. The monoisotopic (exact) mass is 416 g/mol. The van der Waals surface area contributed by atoms with Crippen molar-refractivity contribution in [1.82, 2.24) is 10.3 Å². The second-order valence-corrected chi connectivity index (χ2v) is 7.76. The van der Waals surface area contributed by atoms with Crippen molar-refractivity contribution in [1.29, 1.82) is 0 Å². The third-order valence-electron chi connectivity index (χ3n) is 4.67. The number of aromatic nitrogens is 1. The van der Waals surface area contributed by atoms with E-state index in [2.05, 4.69) is 15.6 Å². The van der Waals surface area contributed by atoms with Gasteiger partial charge >= 0.3 is 12.0 Å². The number of urea groups is 1. The molecule has 2 aromatic rings. The number of rotatable bonds is 6. The van der Waals surface area contributed by atoms with Crippen molar-refractivity contribution in [2.75, 3.05) is 23.4 Å². The second kappa shape index (κ2) is 9.04. The van der Waals surface area contributed by atoms with E-state index in [4.69, 9.17) is 4.74 Å². The Bertz CT molecular complexity index is 927. The first-order valence-electron chi connectivity index (χ1n) is 9.41. The number of esters is 1. The van der Waals surface area contributed by atoms with Gasteiger partial charge in [0.1, 0.15) is 0 Å². The highest BCUT2D eigenvalue weighted by atomic mass is 32.1. The second-order valence-electron chi connectivity index (χ2n) is 6.90. The van der Waals surface area contributed by atoms with E-state index in [1.165, 1.54) is 16.9 Å². The largest absolute Gasteiger partial charge is 0.466 e. The molecule has 0 aliphatic carbocycles. The number of nitrogens with zero attached hydrogens (tertiary/aromatic N) is 2. The molecule has 1 atom stereocenters. The molecular formula is C20H24N4O4S. The third-order valence-corrected chi connectivity index (χ3v) is 5.47. The van der Waals surface area contributed by atoms with Crippen molar-refractivity contribution < 1.29 is 19.1 Å². The summed E-state index contributed by atoms with van der Waals surface area (Å²) >= 11 is 1.23. The first-order chi connectivity index (χ1) is 13.9. The van der Waals surface area contributed by atoms with Crippen LogP contribution in [-0.2, 0) is 20.7 Å². The topological polar surface area (TPSA) is 101 Å². The van der Waals surface area contributed by atoms with E-state index in [0.717, 1.165) is 11.3 Å². The van der Waals surface area contributed by atoms with Gasteiger partial charge in [0.2, 0.25) is 5.91 Å². The Morgan fingerprint density at radius 3 is 2.83 bits per heavy atom. The molecule has 1 saturated heterocycles.